The minimum absolute atomic E-state index is 0.0748. The Morgan fingerprint density at radius 3 is 2.81 bits per heavy atom. The van der Waals surface area contributed by atoms with Gasteiger partial charge in [0, 0.05) is 24.8 Å². The van der Waals surface area contributed by atoms with Gasteiger partial charge in [0.15, 0.2) is 0 Å². The van der Waals surface area contributed by atoms with E-state index in [0.717, 1.165) is 30.9 Å². The molecule has 21 heavy (non-hydrogen) atoms. The van der Waals surface area contributed by atoms with Gasteiger partial charge in [-0.2, -0.15) is 11.8 Å². The smallest absolute Gasteiger partial charge is 0.240 e. The Bertz CT molecular complexity index is 521. The second-order valence-corrected chi connectivity index (χ2v) is 7.92. The summed E-state index contributed by atoms with van der Waals surface area (Å²) >= 11 is 1.81. The van der Waals surface area contributed by atoms with Gasteiger partial charge in [0.25, 0.3) is 0 Å². The molecule has 0 aromatic carbocycles. The minimum atomic E-state index is -3.48. The van der Waals surface area contributed by atoms with Crippen molar-refractivity contribution in [1.29, 1.82) is 0 Å². The fourth-order valence-electron chi connectivity index (χ4n) is 1.72. The highest BCUT2D eigenvalue weighted by molar-refractivity contribution is 7.99. The Morgan fingerprint density at radius 2 is 2.14 bits per heavy atom. The summed E-state index contributed by atoms with van der Waals surface area (Å²) in [6.45, 7) is 6.81. The van der Waals surface area contributed by atoms with E-state index in [2.05, 4.69) is 21.9 Å². The highest BCUT2D eigenvalue weighted by Gasteiger charge is 2.17. The van der Waals surface area contributed by atoms with Crippen LogP contribution in [0.4, 0.5) is 5.82 Å². The molecule has 0 aliphatic rings. The van der Waals surface area contributed by atoms with Gasteiger partial charge in [-0.15, -0.1) is 0 Å². The zero-order valence-electron chi connectivity index (χ0n) is 12.9. The standard InChI is InChI=1S/C14H25N3O2S2/c1-4-8-15-14-11-13(6-9-16-14)21(18,19)17-12(3)7-10-20-5-2/h6,9,11-12,17H,4-5,7-8,10H2,1-3H3,(H,15,16). The molecule has 120 valence electrons. The van der Waals surface area contributed by atoms with Crippen LogP contribution in [-0.2, 0) is 10.0 Å². The number of sulfonamides is 1. The Labute approximate surface area is 132 Å². The average Bonchev–Trinajstić information content (AvgIpc) is 2.45. The second kappa shape index (κ2) is 9.27. The Morgan fingerprint density at radius 1 is 1.38 bits per heavy atom. The SMILES string of the molecule is CCCNc1cc(S(=O)(=O)NC(C)CCSCC)ccn1. The minimum Gasteiger partial charge on any atom is -0.370 e. The molecule has 5 nitrogen and oxygen atoms in total. The van der Waals surface area contributed by atoms with Gasteiger partial charge in [-0.25, -0.2) is 18.1 Å². The lowest BCUT2D eigenvalue weighted by Crippen LogP contribution is -2.33. The van der Waals surface area contributed by atoms with Gasteiger partial charge in [0.05, 0.1) is 4.90 Å². The van der Waals surface area contributed by atoms with Crippen molar-refractivity contribution in [1.82, 2.24) is 9.71 Å². The van der Waals surface area contributed by atoms with Crippen LogP contribution >= 0.6 is 11.8 Å². The average molecular weight is 332 g/mol. The molecule has 1 unspecified atom stereocenters. The van der Waals surface area contributed by atoms with E-state index in [9.17, 15) is 8.42 Å². The maximum atomic E-state index is 12.3. The Balaban J connectivity index is 2.68. The van der Waals surface area contributed by atoms with Crippen LogP contribution < -0.4 is 10.0 Å². The van der Waals surface area contributed by atoms with Crippen LogP contribution in [0.1, 0.15) is 33.6 Å². The lowest BCUT2D eigenvalue weighted by molar-refractivity contribution is 0.557. The van der Waals surface area contributed by atoms with Crippen molar-refractivity contribution in [2.24, 2.45) is 0 Å². The largest absolute Gasteiger partial charge is 0.370 e. The summed E-state index contributed by atoms with van der Waals surface area (Å²) in [5, 5.41) is 3.10. The predicted molar refractivity (Wildman–Crippen MR) is 90.4 cm³/mol. The van der Waals surface area contributed by atoms with E-state index in [1.807, 2.05) is 25.6 Å². The summed E-state index contributed by atoms with van der Waals surface area (Å²) in [5.74, 6) is 2.60. The number of pyridine rings is 1. The van der Waals surface area contributed by atoms with Gasteiger partial charge in [0.1, 0.15) is 5.82 Å². The molecule has 0 fully saturated rings. The Hall–Kier alpha value is -0.790. The zero-order valence-corrected chi connectivity index (χ0v) is 14.6. The van der Waals surface area contributed by atoms with Crippen LogP contribution in [0.3, 0.4) is 0 Å². The molecule has 1 rings (SSSR count). The molecule has 0 saturated carbocycles. The monoisotopic (exact) mass is 331 g/mol. The molecule has 0 aliphatic carbocycles. The third-order valence-corrected chi connectivity index (χ3v) is 5.37. The number of hydrogen-bond acceptors (Lipinski definition) is 5. The van der Waals surface area contributed by atoms with Crippen LogP contribution in [0.25, 0.3) is 0 Å². The zero-order chi connectivity index (χ0) is 15.7. The van der Waals surface area contributed by atoms with E-state index in [4.69, 9.17) is 0 Å². The van der Waals surface area contributed by atoms with Gasteiger partial charge in [-0.3, -0.25) is 0 Å². The topological polar surface area (TPSA) is 71.1 Å². The third-order valence-electron chi connectivity index (χ3n) is 2.85. The first-order chi connectivity index (χ1) is 9.99. The first-order valence-corrected chi connectivity index (χ1v) is 9.93. The summed E-state index contributed by atoms with van der Waals surface area (Å²) in [6, 6.07) is 3.02. The molecule has 0 aliphatic heterocycles. The molecule has 1 aromatic heterocycles. The molecule has 7 heteroatoms. The number of nitrogens with zero attached hydrogens (tertiary/aromatic N) is 1. The number of hydrogen-bond donors (Lipinski definition) is 2. The number of thioether (sulfide) groups is 1. The van der Waals surface area contributed by atoms with E-state index in [0.29, 0.717) is 5.82 Å². The molecule has 0 spiro atoms. The molecule has 1 atom stereocenters. The van der Waals surface area contributed by atoms with E-state index >= 15 is 0 Å². The summed E-state index contributed by atoms with van der Waals surface area (Å²) < 4.78 is 27.4. The molecule has 0 bridgehead atoms. The van der Waals surface area contributed by atoms with Crippen LogP contribution in [0.5, 0.6) is 0 Å². The molecule has 0 amide bonds. The summed E-state index contributed by atoms with van der Waals surface area (Å²) in [4.78, 5) is 4.38. The van der Waals surface area contributed by atoms with E-state index in [-0.39, 0.29) is 10.9 Å². The molecular weight excluding hydrogens is 306 g/mol. The van der Waals surface area contributed by atoms with Crippen LogP contribution in [0.2, 0.25) is 0 Å². The number of nitrogens with one attached hydrogen (secondary N) is 2. The fourth-order valence-corrected chi connectivity index (χ4v) is 3.82. The lowest BCUT2D eigenvalue weighted by Gasteiger charge is -2.14. The van der Waals surface area contributed by atoms with Crippen LogP contribution in [-0.4, -0.2) is 37.5 Å². The van der Waals surface area contributed by atoms with Crippen molar-refractivity contribution in [3.8, 4) is 0 Å². The highest BCUT2D eigenvalue weighted by Crippen LogP contribution is 2.14. The van der Waals surface area contributed by atoms with E-state index in [1.54, 1.807) is 6.07 Å². The van der Waals surface area contributed by atoms with Crippen molar-refractivity contribution >= 4 is 27.6 Å². The summed E-state index contributed by atoms with van der Waals surface area (Å²) in [6.07, 6.45) is 3.30. The van der Waals surface area contributed by atoms with Gasteiger partial charge in [-0.1, -0.05) is 13.8 Å². The maximum absolute atomic E-state index is 12.3. The normalized spacial score (nSPS) is 13.1. The summed E-state index contributed by atoms with van der Waals surface area (Å²) in [5.41, 5.74) is 0. The first kappa shape index (κ1) is 18.3. The Kier molecular flexibility index (Phi) is 8.06. The van der Waals surface area contributed by atoms with Crippen molar-refractivity contribution in [2.75, 3.05) is 23.4 Å². The number of anilines is 1. The second-order valence-electron chi connectivity index (χ2n) is 4.81. The highest BCUT2D eigenvalue weighted by atomic mass is 32.2. The molecule has 1 aromatic rings. The van der Waals surface area contributed by atoms with Gasteiger partial charge < -0.3 is 5.32 Å². The quantitative estimate of drug-likeness (QED) is 0.645. The lowest BCUT2D eigenvalue weighted by atomic mass is 10.3. The van der Waals surface area contributed by atoms with Crippen LogP contribution in [0.15, 0.2) is 23.2 Å². The molecule has 0 radical (unpaired) electrons. The van der Waals surface area contributed by atoms with Gasteiger partial charge in [0.2, 0.25) is 10.0 Å². The summed E-state index contributed by atoms with van der Waals surface area (Å²) in [7, 11) is -3.48. The molecule has 2 N–H and O–H groups in total. The molecular formula is C14H25N3O2S2. The molecule has 1 heterocycles. The number of aromatic nitrogens is 1. The predicted octanol–water partition coefficient (Wildman–Crippen LogP) is 2.71. The van der Waals surface area contributed by atoms with Crippen LogP contribution in [0, 0.1) is 0 Å². The van der Waals surface area contributed by atoms with Crippen molar-refractivity contribution < 1.29 is 8.42 Å². The van der Waals surface area contributed by atoms with E-state index in [1.165, 1.54) is 12.3 Å². The van der Waals surface area contributed by atoms with E-state index < -0.39 is 10.0 Å². The number of rotatable bonds is 10. The maximum Gasteiger partial charge on any atom is 0.240 e. The van der Waals surface area contributed by atoms with Crippen molar-refractivity contribution in [3.63, 3.8) is 0 Å². The van der Waals surface area contributed by atoms with Gasteiger partial charge in [-0.05, 0) is 37.3 Å². The van der Waals surface area contributed by atoms with Crippen molar-refractivity contribution in [2.45, 2.75) is 44.6 Å². The molecule has 0 saturated heterocycles. The first-order valence-electron chi connectivity index (χ1n) is 7.29. The fraction of sp³-hybridized carbons (Fsp3) is 0.643. The van der Waals surface area contributed by atoms with Crippen molar-refractivity contribution in [3.05, 3.63) is 18.3 Å². The van der Waals surface area contributed by atoms with Gasteiger partial charge >= 0.3 is 0 Å². The third kappa shape index (κ3) is 6.67.